The van der Waals surface area contributed by atoms with Crippen LogP contribution in [0, 0.1) is 13.8 Å². The molecular weight excluding hydrogens is 380 g/mol. The van der Waals surface area contributed by atoms with E-state index in [1.807, 2.05) is 24.3 Å². The number of ether oxygens (including phenoxy) is 1. The Morgan fingerprint density at radius 1 is 1.25 bits per heavy atom. The molecule has 1 saturated heterocycles. The number of rotatable bonds is 6. The number of aryl methyl sites for hydroxylation is 2. The van der Waals surface area contributed by atoms with Gasteiger partial charge in [-0.3, -0.25) is 9.89 Å². The van der Waals surface area contributed by atoms with Crippen molar-refractivity contribution in [1.82, 2.24) is 19.8 Å². The molecular formula is C19H26N4O4S. The molecule has 0 unspecified atom stereocenters. The van der Waals surface area contributed by atoms with Gasteiger partial charge in [0.05, 0.1) is 24.9 Å². The number of amides is 1. The summed E-state index contributed by atoms with van der Waals surface area (Å²) in [7, 11) is -2.02. The summed E-state index contributed by atoms with van der Waals surface area (Å²) >= 11 is 0. The molecule has 9 heteroatoms. The second-order valence-corrected chi connectivity index (χ2v) is 8.72. The van der Waals surface area contributed by atoms with E-state index in [0.29, 0.717) is 43.7 Å². The fourth-order valence-electron chi connectivity index (χ4n) is 3.49. The van der Waals surface area contributed by atoms with Gasteiger partial charge in [-0.15, -0.1) is 0 Å². The van der Waals surface area contributed by atoms with Crippen LogP contribution in [-0.2, 0) is 21.2 Å². The van der Waals surface area contributed by atoms with Gasteiger partial charge in [0.1, 0.15) is 10.6 Å². The minimum absolute atomic E-state index is 0.0491. The molecule has 0 atom stereocenters. The third kappa shape index (κ3) is 4.53. The van der Waals surface area contributed by atoms with Crippen molar-refractivity contribution in [3.63, 3.8) is 0 Å². The van der Waals surface area contributed by atoms with Gasteiger partial charge in [-0.05, 0) is 44.4 Å². The molecule has 1 aromatic heterocycles. The van der Waals surface area contributed by atoms with Crippen LogP contribution < -0.4 is 9.46 Å². The Morgan fingerprint density at radius 2 is 1.89 bits per heavy atom. The van der Waals surface area contributed by atoms with Crippen LogP contribution in [-0.4, -0.2) is 55.7 Å². The highest BCUT2D eigenvalue weighted by molar-refractivity contribution is 7.89. The largest absolute Gasteiger partial charge is 0.497 e. The van der Waals surface area contributed by atoms with E-state index >= 15 is 0 Å². The van der Waals surface area contributed by atoms with Gasteiger partial charge < -0.3 is 9.64 Å². The van der Waals surface area contributed by atoms with E-state index in [-0.39, 0.29) is 16.8 Å². The molecule has 1 aliphatic rings. The first-order chi connectivity index (χ1) is 13.3. The minimum atomic E-state index is -3.63. The average Bonchev–Trinajstić information content (AvgIpc) is 3.01. The molecule has 8 nitrogen and oxygen atoms in total. The van der Waals surface area contributed by atoms with E-state index in [9.17, 15) is 13.2 Å². The van der Waals surface area contributed by atoms with E-state index < -0.39 is 10.0 Å². The first-order valence-electron chi connectivity index (χ1n) is 9.24. The van der Waals surface area contributed by atoms with Crippen molar-refractivity contribution in [2.45, 2.75) is 44.0 Å². The molecule has 1 aromatic carbocycles. The molecule has 3 rings (SSSR count). The van der Waals surface area contributed by atoms with Crippen LogP contribution in [0.4, 0.5) is 0 Å². The molecule has 0 bridgehead atoms. The van der Waals surface area contributed by atoms with Crippen LogP contribution in [0.25, 0.3) is 0 Å². The van der Waals surface area contributed by atoms with Gasteiger partial charge in [0.15, 0.2) is 0 Å². The second kappa shape index (κ2) is 8.32. The number of aromatic amines is 1. The van der Waals surface area contributed by atoms with Crippen molar-refractivity contribution in [3.8, 4) is 5.75 Å². The smallest absolute Gasteiger partial charge is 0.244 e. The van der Waals surface area contributed by atoms with Crippen molar-refractivity contribution in [2.24, 2.45) is 0 Å². The number of H-pyrrole nitrogens is 1. The number of hydrogen-bond acceptors (Lipinski definition) is 5. The summed E-state index contributed by atoms with van der Waals surface area (Å²) in [6.45, 7) is 4.42. The number of nitrogens with one attached hydrogen (secondary N) is 2. The van der Waals surface area contributed by atoms with Crippen LogP contribution in [0.5, 0.6) is 5.75 Å². The number of aromatic nitrogens is 2. The highest BCUT2D eigenvalue weighted by atomic mass is 32.2. The number of hydrogen-bond donors (Lipinski definition) is 2. The molecule has 0 saturated carbocycles. The van der Waals surface area contributed by atoms with Crippen molar-refractivity contribution in [2.75, 3.05) is 20.2 Å². The monoisotopic (exact) mass is 406 g/mol. The number of carbonyl (C=O) groups is 1. The van der Waals surface area contributed by atoms with Crippen LogP contribution in [0.1, 0.15) is 29.8 Å². The molecule has 2 aromatic rings. The lowest BCUT2D eigenvalue weighted by atomic mass is 10.0. The van der Waals surface area contributed by atoms with E-state index in [2.05, 4.69) is 14.9 Å². The van der Waals surface area contributed by atoms with Gasteiger partial charge in [0, 0.05) is 19.1 Å². The van der Waals surface area contributed by atoms with E-state index in [1.165, 1.54) is 0 Å². The lowest BCUT2D eigenvalue weighted by Gasteiger charge is -2.32. The number of piperidine rings is 1. The Morgan fingerprint density at radius 3 is 2.43 bits per heavy atom. The molecule has 152 valence electrons. The Labute approximate surface area is 165 Å². The summed E-state index contributed by atoms with van der Waals surface area (Å²) in [6, 6.07) is 7.25. The number of benzene rings is 1. The molecule has 0 spiro atoms. The van der Waals surface area contributed by atoms with Crippen LogP contribution in [0.3, 0.4) is 0 Å². The Kier molecular flexibility index (Phi) is 6.04. The summed E-state index contributed by atoms with van der Waals surface area (Å²) in [5.74, 6) is 0.806. The summed E-state index contributed by atoms with van der Waals surface area (Å²) < 4.78 is 33.2. The maximum absolute atomic E-state index is 12.7. The molecule has 2 heterocycles. The quantitative estimate of drug-likeness (QED) is 0.757. The van der Waals surface area contributed by atoms with Crippen LogP contribution in [0.2, 0.25) is 0 Å². The lowest BCUT2D eigenvalue weighted by molar-refractivity contribution is -0.131. The SMILES string of the molecule is COc1ccc(CC(=O)N2CCC(NS(=O)(=O)c3c(C)n[nH]c3C)CC2)cc1. The Balaban J connectivity index is 1.54. The topological polar surface area (TPSA) is 104 Å². The number of carbonyl (C=O) groups excluding carboxylic acids is 1. The standard InChI is InChI=1S/C19H26N4O4S/c1-13-19(14(2)21-20-13)28(25,26)22-16-8-10-23(11-9-16)18(24)12-15-4-6-17(27-3)7-5-15/h4-7,16,22H,8-12H2,1-3H3,(H,20,21). The fourth-order valence-corrected chi connectivity index (χ4v) is 5.17. The predicted molar refractivity (Wildman–Crippen MR) is 105 cm³/mol. The van der Waals surface area contributed by atoms with Gasteiger partial charge in [0.2, 0.25) is 15.9 Å². The number of methoxy groups -OCH3 is 1. The van der Waals surface area contributed by atoms with Gasteiger partial charge in [-0.25, -0.2) is 13.1 Å². The normalized spacial score (nSPS) is 15.6. The Bertz CT molecular complexity index is 910. The maximum Gasteiger partial charge on any atom is 0.244 e. The second-order valence-electron chi connectivity index (χ2n) is 7.06. The summed E-state index contributed by atoms with van der Waals surface area (Å²) in [4.78, 5) is 14.5. The molecule has 1 amide bonds. The summed E-state index contributed by atoms with van der Waals surface area (Å²) in [5, 5.41) is 6.66. The van der Waals surface area contributed by atoms with Crippen LogP contribution >= 0.6 is 0 Å². The maximum atomic E-state index is 12.7. The fraction of sp³-hybridized carbons (Fsp3) is 0.474. The Hall–Kier alpha value is -2.39. The average molecular weight is 407 g/mol. The number of likely N-dealkylation sites (tertiary alicyclic amines) is 1. The highest BCUT2D eigenvalue weighted by Gasteiger charge is 2.29. The van der Waals surface area contributed by atoms with Crippen molar-refractivity contribution in [1.29, 1.82) is 0 Å². The van der Waals surface area contributed by atoms with Crippen molar-refractivity contribution >= 4 is 15.9 Å². The van der Waals surface area contributed by atoms with Gasteiger partial charge >= 0.3 is 0 Å². The number of sulfonamides is 1. The van der Waals surface area contributed by atoms with Crippen LogP contribution in [0.15, 0.2) is 29.2 Å². The van der Waals surface area contributed by atoms with Gasteiger partial charge in [0.25, 0.3) is 0 Å². The third-order valence-corrected chi connectivity index (χ3v) is 6.80. The van der Waals surface area contributed by atoms with Gasteiger partial charge in [-0.2, -0.15) is 5.10 Å². The zero-order valence-electron chi connectivity index (χ0n) is 16.4. The van der Waals surface area contributed by atoms with E-state index in [0.717, 1.165) is 11.3 Å². The highest BCUT2D eigenvalue weighted by Crippen LogP contribution is 2.20. The first kappa shape index (κ1) is 20.3. The third-order valence-electron chi connectivity index (χ3n) is 5.01. The molecule has 2 N–H and O–H groups in total. The minimum Gasteiger partial charge on any atom is -0.497 e. The summed E-state index contributed by atoms with van der Waals surface area (Å²) in [5.41, 5.74) is 1.91. The van der Waals surface area contributed by atoms with Crippen molar-refractivity contribution in [3.05, 3.63) is 41.2 Å². The van der Waals surface area contributed by atoms with E-state index in [1.54, 1.807) is 25.9 Å². The lowest BCUT2D eigenvalue weighted by Crippen LogP contribution is -2.47. The molecule has 28 heavy (non-hydrogen) atoms. The molecule has 0 radical (unpaired) electrons. The van der Waals surface area contributed by atoms with Gasteiger partial charge in [-0.1, -0.05) is 12.1 Å². The zero-order valence-corrected chi connectivity index (χ0v) is 17.2. The molecule has 1 aliphatic heterocycles. The molecule has 1 fully saturated rings. The van der Waals surface area contributed by atoms with Crippen molar-refractivity contribution < 1.29 is 17.9 Å². The summed E-state index contributed by atoms with van der Waals surface area (Å²) in [6.07, 6.45) is 1.50. The zero-order chi connectivity index (χ0) is 20.3. The number of nitrogens with zero attached hydrogens (tertiary/aromatic N) is 2. The van der Waals surface area contributed by atoms with E-state index in [4.69, 9.17) is 4.74 Å². The molecule has 0 aliphatic carbocycles. The first-order valence-corrected chi connectivity index (χ1v) is 10.7. The predicted octanol–water partition coefficient (Wildman–Crippen LogP) is 1.55.